The van der Waals surface area contributed by atoms with E-state index in [-0.39, 0.29) is 11.6 Å². The Balaban J connectivity index is 4.14. The van der Waals surface area contributed by atoms with Crippen LogP contribution in [0.1, 0.15) is 74.1 Å². The first-order chi connectivity index (χ1) is 10.4. The van der Waals surface area contributed by atoms with E-state index >= 15 is 0 Å². The van der Waals surface area contributed by atoms with E-state index in [4.69, 9.17) is 9.47 Å². The zero-order valence-corrected chi connectivity index (χ0v) is 16.4. The van der Waals surface area contributed by atoms with Crippen LogP contribution in [0, 0.1) is 5.92 Å². The van der Waals surface area contributed by atoms with E-state index in [0.717, 1.165) is 18.4 Å². The van der Waals surface area contributed by atoms with Crippen LogP contribution in [0.25, 0.3) is 0 Å². The fourth-order valence-electron chi connectivity index (χ4n) is 2.15. The highest BCUT2D eigenvalue weighted by Gasteiger charge is 2.16. The van der Waals surface area contributed by atoms with Crippen LogP contribution in [0.2, 0.25) is 0 Å². The Morgan fingerprint density at radius 1 is 1.17 bits per heavy atom. The Kier molecular flexibility index (Phi) is 9.45. The Bertz CT molecular complexity index is 411. The smallest absolute Gasteiger partial charge is 0.331 e. The van der Waals surface area contributed by atoms with Crippen LogP contribution in [-0.2, 0) is 14.3 Å². The lowest BCUT2D eigenvalue weighted by Crippen LogP contribution is -2.22. The zero-order chi connectivity index (χ0) is 18.1. The summed E-state index contributed by atoms with van der Waals surface area (Å²) in [4.78, 5) is 11.7. The predicted molar refractivity (Wildman–Crippen MR) is 97.5 cm³/mol. The molecule has 23 heavy (non-hydrogen) atoms. The second-order valence-corrected chi connectivity index (χ2v) is 8.02. The Morgan fingerprint density at radius 3 is 2.30 bits per heavy atom. The average molecular weight is 325 g/mol. The molecule has 0 unspecified atom stereocenters. The predicted octanol–water partition coefficient (Wildman–Crippen LogP) is 5.45. The molecule has 0 saturated heterocycles. The van der Waals surface area contributed by atoms with Gasteiger partial charge in [0, 0.05) is 13.2 Å². The van der Waals surface area contributed by atoms with Crippen molar-refractivity contribution in [1.29, 1.82) is 0 Å². The van der Waals surface area contributed by atoms with E-state index in [2.05, 4.69) is 26.8 Å². The Morgan fingerprint density at radius 2 is 1.78 bits per heavy atom. The number of hydrogen-bond donors (Lipinski definition) is 0. The first-order valence-electron chi connectivity index (χ1n) is 8.58. The summed E-state index contributed by atoms with van der Waals surface area (Å²) in [5.74, 6) is 0.350. The SMILES string of the molecule is COC(C)(C)CCC[C@H](C)CC=CC(C)=CC(=O)OC(C)(C)C. The van der Waals surface area contributed by atoms with E-state index < -0.39 is 5.60 Å². The van der Waals surface area contributed by atoms with E-state index in [1.807, 2.05) is 33.8 Å². The lowest BCUT2D eigenvalue weighted by molar-refractivity contribution is -0.148. The van der Waals surface area contributed by atoms with Crippen LogP contribution in [0.5, 0.6) is 0 Å². The third-order valence-electron chi connectivity index (χ3n) is 3.70. The number of hydrogen-bond acceptors (Lipinski definition) is 3. The molecule has 0 radical (unpaired) electrons. The van der Waals surface area contributed by atoms with E-state index in [0.29, 0.717) is 5.92 Å². The number of carbonyl (C=O) groups excluding carboxylic acids is 1. The first-order valence-corrected chi connectivity index (χ1v) is 8.58. The lowest BCUT2D eigenvalue weighted by Gasteiger charge is -2.23. The van der Waals surface area contributed by atoms with Crippen LogP contribution in [0.4, 0.5) is 0 Å². The van der Waals surface area contributed by atoms with Gasteiger partial charge in [0.25, 0.3) is 0 Å². The van der Waals surface area contributed by atoms with Crippen molar-refractivity contribution in [3.05, 3.63) is 23.8 Å². The quantitative estimate of drug-likeness (QED) is 0.321. The van der Waals surface area contributed by atoms with Gasteiger partial charge in [0.1, 0.15) is 5.60 Å². The molecule has 0 fully saturated rings. The fraction of sp³-hybridized carbons (Fsp3) is 0.750. The first kappa shape index (κ1) is 21.9. The topological polar surface area (TPSA) is 35.5 Å². The minimum Gasteiger partial charge on any atom is -0.457 e. The van der Waals surface area contributed by atoms with E-state index in [9.17, 15) is 4.79 Å². The molecule has 0 aromatic rings. The monoisotopic (exact) mass is 324 g/mol. The van der Waals surface area contributed by atoms with Crippen molar-refractivity contribution in [3.8, 4) is 0 Å². The number of carbonyl (C=O) groups is 1. The summed E-state index contributed by atoms with van der Waals surface area (Å²) in [5, 5.41) is 0. The lowest BCUT2D eigenvalue weighted by atomic mass is 9.95. The van der Waals surface area contributed by atoms with Crippen molar-refractivity contribution in [2.75, 3.05) is 7.11 Å². The van der Waals surface area contributed by atoms with Gasteiger partial charge in [0.2, 0.25) is 0 Å². The molecule has 3 nitrogen and oxygen atoms in total. The second-order valence-electron chi connectivity index (χ2n) is 8.02. The third kappa shape index (κ3) is 13.1. The zero-order valence-electron chi connectivity index (χ0n) is 16.4. The molecule has 0 aliphatic heterocycles. The molecule has 0 heterocycles. The minimum absolute atomic E-state index is 0.0255. The summed E-state index contributed by atoms with van der Waals surface area (Å²) in [6, 6.07) is 0. The number of ether oxygens (including phenoxy) is 2. The van der Waals surface area contributed by atoms with Gasteiger partial charge in [-0.15, -0.1) is 0 Å². The summed E-state index contributed by atoms with van der Waals surface area (Å²) in [6.07, 6.45) is 10.1. The largest absolute Gasteiger partial charge is 0.457 e. The maximum Gasteiger partial charge on any atom is 0.331 e. The van der Waals surface area contributed by atoms with Gasteiger partial charge >= 0.3 is 5.97 Å². The molecule has 0 N–H and O–H groups in total. The number of methoxy groups -OCH3 is 1. The third-order valence-corrected chi connectivity index (χ3v) is 3.70. The van der Waals surface area contributed by atoms with Crippen molar-refractivity contribution < 1.29 is 14.3 Å². The van der Waals surface area contributed by atoms with Crippen LogP contribution in [0.15, 0.2) is 23.8 Å². The molecule has 0 saturated carbocycles. The molecule has 0 rings (SSSR count). The van der Waals surface area contributed by atoms with Crippen molar-refractivity contribution in [1.82, 2.24) is 0 Å². The maximum absolute atomic E-state index is 11.7. The van der Waals surface area contributed by atoms with Gasteiger partial charge in [-0.25, -0.2) is 4.79 Å². The molecule has 134 valence electrons. The minimum atomic E-state index is -0.442. The molecule has 1 atom stereocenters. The van der Waals surface area contributed by atoms with E-state index in [1.54, 1.807) is 13.2 Å². The van der Waals surface area contributed by atoms with Crippen LogP contribution in [0.3, 0.4) is 0 Å². The summed E-state index contributed by atoms with van der Waals surface area (Å²) in [6.45, 7) is 14.1. The van der Waals surface area contributed by atoms with Crippen molar-refractivity contribution in [3.63, 3.8) is 0 Å². The van der Waals surface area contributed by atoms with Crippen LogP contribution < -0.4 is 0 Å². The van der Waals surface area contributed by atoms with Gasteiger partial charge in [-0.1, -0.05) is 31.9 Å². The maximum atomic E-state index is 11.7. The van der Waals surface area contributed by atoms with Gasteiger partial charge in [0.05, 0.1) is 5.60 Å². The molecular formula is C20H36O3. The molecule has 0 aromatic heterocycles. The number of rotatable bonds is 9. The van der Waals surface area contributed by atoms with Crippen molar-refractivity contribution >= 4 is 5.97 Å². The standard InChI is InChI=1S/C20H36O3/c1-16(13-10-14-20(6,7)22-8)11-9-12-17(2)15-18(21)23-19(3,4)5/h9,12,15-16H,10-11,13-14H2,1-8H3/t16-/m1/s1. The second kappa shape index (κ2) is 9.92. The summed E-state index contributed by atoms with van der Waals surface area (Å²) < 4.78 is 10.7. The molecular weight excluding hydrogens is 288 g/mol. The highest BCUT2D eigenvalue weighted by Crippen LogP contribution is 2.20. The van der Waals surface area contributed by atoms with Crippen molar-refractivity contribution in [2.45, 2.75) is 85.4 Å². The summed E-state index contributed by atoms with van der Waals surface area (Å²) in [7, 11) is 1.77. The molecule has 0 aliphatic carbocycles. The number of allylic oxidation sites excluding steroid dienone is 3. The number of esters is 1. The Labute approximate surface area is 143 Å². The molecule has 0 aromatic carbocycles. The summed E-state index contributed by atoms with van der Waals surface area (Å²) in [5.41, 5.74) is 0.455. The highest BCUT2D eigenvalue weighted by atomic mass is 16.6. The van der Waals surface area contributed by atoms with Crippen molar-refractivity contribution in [2.24, 2.45) is 5.92 Å². The molecule has 0 amide bonds. The van der Waals surface area contributed by atoms with Crippen LogP contribution >= 0.6 is 0 Å². The molecule has 0 aliphatic rings. The van der Waals surface area contributed by atoms with Gasteiger partial charge in [-0.2, -0.15) is 0 Å². The summed E-state index contributed by atoms with van der Waals surface area (Å²) >= 11 is 0. The normalized spacial score (nSPS) is 15.0. The highest BCUT2D eigenvalue weighted by molar-refractivity contribution is 5.83. The van der Waals surface area contributed by atoms with Gasteiger partial charge in [0.15, 0.2) is 0 Å². The molecule has 3 heteroatoms. The Hall–Kier alpha value is -1.09. The molecule has 0 spiro atoms. The average Bonchev–Trinajstić information content (AvgIpc) is 2.35. The fourth-order valence-corrected chi connectivity index (χ4v) is 2.15. The van der Waals surface area contributed by atoms with Gasteiger partial charge < -0.3 is 9.47 Å². The molecule has 0 bridgehead atoms. The van der Waals surface area contributed by atoms with Gasteiger partial charge in [-0.3, -0.25) is 0 Å². The van der Waals surface area contributed by atoms with E-state index in [1.165, 1.54) is 12.8 Å². The van der Waals surface area contributed by atoms with Crippen LogP contribution in [-0.4, -0.2) is 24.3 Å². The van der Waals surface area contributed by atoms with Gasteiger partial charge in [-0.05, 0) is 65.9 Å².